The van der Waals surface area contributed by atoms with E-state index in [-0.39, 0.29) is 12.0 Å². The Morgan fingerprint density at radius 2 is 2.06 bits per heavy atom. The van der Waals surface area contributed by atoms with E-state index in [9.17, 15) is 5.11 Å². The van der Waals surface area contributed by atoms with Crippen molar-refractivity contribution in [3.63, 3.8) is 0 Å². The molecule has 1 fully saturated rings. The van der Waals surface area contributed by atoms with Crippen LogP contribution in [0.3, 0.4) is 0 Å². The highest BCUT2D eigenvalue weighted by Gasteiger charge is 2.25. The van der Waals surface area contributed by atoms with Crippen molar-refractivity contribution in [2.24, 2.45) is 5.92 Å². The van der Waals surface area contributed by atoms with E-state index in [1.165, 1.54) is 5.56 Å². The van der Waals surface area contributed by atoms with Crippen molar-refractivity contribution in [1.82, 2.24) is 4.90 Å². The van der Waals surface area contributed by atoms with Crippen molar-refractivity contribution >= 4 is 0 Å². The first-order chi connectivity index (χ1) is 7.78. The first-order valence-electron chi connectivity index (χ1n) is 5.62. The summed E-state index contributed by atoms with van der Waals surface area (Å²) < 4.78 is 0. The van der Waals surface area contributed by atoms with Gasteiger partial charge in [-0.3, -0.25) is 4.90 Å². The number of piperidine rings is 1. The summed E-state index contributed by atoms with van der Waals surface area (Å²) in [5.41, 5.74) is 1.23. The van der Waals surface area contributed by atoms with E-state index >= 15 is 0 Å². The molecule has 0 radical (unpaired) electrons. The maximum atomic E-state index is 9.67. The first-order valence-corrected chi connectivity index (χ1v) is 5.62. The highest BCUT2D eigenvalue weighted by Crippen LogP contribution is 2.18. The second-order valence-electron chi connectivity index (χ2n) is 4.40. The van der Waals surface area contributed by atoms with Gasteiger partial charge in [-0.1, -0.05) is 30.3 Å². The van der Waals surface area contributed by atoms with Gasteiger partial charge in [-0.25, -0.2) is 0 Å². The average molecular weight is 216 g/mol. The van der Waals surface area contributed by atoms with Crippen LogP contribution in [0.25, 0.3) is 0 Å². The van der Waals surface area contributed by atoms with Crippen molar-refractivity contribution in [3.05, 3.63) is 35.9 Å². The number of β-amino-alcohol motifs (C(OH)–C–C–N with tert-alkyl or cyclic N) is 1. The summed E-state index contributed by atoms with van der Waals surface area (Å²) in [5.74, 6) is -0.0348. The largest absolute Gasteiger partial charge is 0.392 e. The van der Waals surface area contributed by atoms with Crippen LogP contribution >= 0.6 is 0 Å². The lowest BCUT2D eigenvalue weighted by atomic mass is 9.97. The Labute approximate surface area is 95.9 Å². The normalized spacial score (nSPS) is 26.2. The van der Waals surface area contributed by atoms with E-state index in [1.54, 1.807) is 0 Å². The molecule has 1 aliphatic rings. The van der Waals surface area contributed by atoms with Crippen molar-refractivity contribution < 1.29 is 5.11 Å². The molecule has 1 aromatic rings. The molecule has 16 heavy (non-hydrogen) atoms. The summed E-state index contributed by atoms with van der Waals surface area (Å²) in [6.07, 6.45) is 0.254. The maximum absolute atomic E-state index is 9.67. The van der Waals surface area contributed by atoms with Gasteiger partial charge in [0.15, 0.2) is 0 Å². The van der Waals surface area contributed by atoms with Gasteiger partial charge < -0.3 is 5.11 Å². The molecule has 84 valence electrons. The van der Waals surface area contributed by atoms with E-state index in [4.69, 9.17) is 5.26 Å². The van der Waals surface area contributed by atoms with E-state index in [2.05, 4.69) is 23.1 Å². The fourth-order valence-corrected chi connectivity index (χ4v) is 2.23. The number of benzene rings is 1. The molecule has 1 N–H and O–H groups in total. The third kappa shape index (κ3) is 2.82. The zero-order valence-electron chi connectivity index (χ0n) is 9.21. The third-order valence-electron chi connectivity index (χ3n) is 2.94. The monoisotopic (exact) mass is 216 g/mol. The van der Waals surface area contributed by atoms with Crippen molar-refractivity contribution in [2.45, 2.75) is 19.1 Å². The SMILES string of the molecule is N#C[C@H]1C[C@@H](O)CN(Cc2ccccc2)C1. The van der Waals surface area contributed by atoms with Gasteiger partial charge in [0.2, 0.25) is 0 Å². The molecule has 1 aromatic carbocycles. The molecule has 1 heterocycles. The Kier molecular flexibility index (Phi) is 3.55. The number of nitriles is 1. The van der Waals surface area contributed by atoms with Gasteiger partial charge in [0.1, 0.15) is 0 Å². The summed E-state index contributed by atoms with van der Waals surface area (Å²) in [5, 5.41) is 18.6. The van der Waals surface area contributed by atoms with E-state index in [0.717, 1.165) is 13.1 Å². The van der Waals surface area contributed by atoms with Crippen LogP contribution in [0.4, 0.5) is 0 Å². The van der Waals surface area contributed by atoms with Crippen LogP contribution in [0.1, 0.15) is 12.0 Å². The van der Waals surface area contributed by atoms with Gasteiger partial charge in [0, 0.05) is 19.6 Å². The van der Waals surface area contributed by atoms with Gasteiger partial charge in [0.05, 0.1) is 18.1 Å². The second kappa shape index (κ2) is 5.11. The van der Waals surface area contributed by atoms with Crippen LogP contribution in [0.2, 0.25) is 0 Å². The molecule has 0 bridgehead atoms. The lowest BCUT2D eigenvalue weighted by molar-refractivity contribution is 0.0496. The summed E-state index contributed by atoms with van der Waals surface area (Å²) >= 11 is 0. The number of hydrogen-bond acceptors (Lipinski definition) is 3. The first kappa shape index (κ1) is 11.1. The molecular formula is C13H16N2O. The highest BCUT2D eigenvalue weighted by atomic mass is 16.3. The highest BCUT2D eigenvalue weighted by molar-refractivity contribution is 5.14. The Morgan fingerprint density at radius 1 is 1.31 bits per heavy atom. The van der Waals surface area contributed by atoms with Gasteiger partial charge >= 0.3 is 0 Å². The summed E-state index contributed by atoms with van der Waals surface area (Å²) in [4.78, 5) is 2.15. The maximum Gasteiger partial charge on any atom is 0.0680 e. The molecule has 0 aliphatic carbocycles. The Hall–Kier alpha value is -1.37. The van der Waals surface area contributed by atoms with Crippen LogP contribution in [0, 0.1) is 17.2 Å². The fourth-order valence-electron chi connectivity index (χ4n) is 2.23. The number of aliphatic hydroxyl groups is 1. The molecule has 0 aromatic heterocycles. The second-order valence-corrected chi connectivity index (χ2v) is 4.40. The van der Waals surface area contributed by atoms with Crippen LogP contribution in [0.15, 0.2) is 30.3 Å². The third-order valence-corrected chi connectivity index (χ3v) is 2.94. The molecule has 1 aliphatic heterocycles. The number of hydrogen-bond donors (Lipinski definition) is 1. The molecule has 3 heteroatoms. The van der Waals surface area contributed by atoms with Gasteiger partial charge in [-0.05, 0) is 12.0 Å². The molecule has 0 saturated carbocycles. The van der Waals surface area contributed by atoms with Crippen molar-refractivity contribution in [2.75, 3.05) is 13.1 Å². The van der Waals surface area contributed by atoms with Gasteiger partial charge in [-0.2, -0.15) is 5.26 Å². The number of likely N-dealkylation sites (tertiary alicyclic amines) is 1. The molecule has 2 rings (SSSR count). The Bertz CT molecular complexity index is 371. The lowest BCUT2D eigenvalue weighted by Crippen LogP contribution is -2.42. The van der Waals surface area contributed by atoms with Crippen molar-refractivity contribution in [3.8, 4) is 6.07 Å². The fraction of sp³-hybridized carbons (Fsp3) is 0.462. The number of rotatable bonds is 2. The minimum atomic E-state index is -0.359. The zero-order valence-corrected chi connectivity index (χ0v) is 9.21. The van der Waals surface area contributed by atoms with Crippen LogP contribution in [-0.2, 0) is 6.54 Å². The van der Waals surface area contributed by atoms with Crippen LogP contribution in [-0.4, -0.2) is 29.2 Å². The topological polar surface area (TPSA) is 47.3 Å². The standard InChI is InChI=1S/C13H16N2O/c14-7-12-6-13(16)10-15(9-12)8-11-4-2-1-3-5-11/h1-5,12-13,16H,6,8-10H2/t12-,13-/m1/s1. The molecule has 0 amide bonds. The van der Waals surface area contributed by atoms with E-state index < -0.39 is 0 Å². The predicted octanol–water partition coefficient (Wildman–Crippen LogP) is 1.39. The van der Waals surface area contributed by atoms with Gasteiger partial charge in [0.25, 0.3) is 0 Å². The quantitative estimate of drug-likeness (QED) is 0.812. The molecule has 2 atom stereocenters. The Balaban J connectivity index is 1.97. The molecule has 3 nitrogen and oxygen atoms in total. The summed E-state index contributed by atoms with van der Waals surface area (Å²) in [6.45, 7) is 2.26. The lowest BCUT2D eigenvalue weighted by Gasteiger charge is -2.32. The minimum absolute atomic E-state index is 0.0348. The molecular weight excluding hydrogens is 200 g/mol. The number of nitrogens with zero attached hydrogens (tertiary/aromatic N) is 2. The van der Waals surface area contributed by atoms with E-state index in [0.29, 0.717) is 13.0 Å². The van der Waals surface area contributed by atoms with Crippen LogP contribution in [0.5, 0.6) is 0 Å². The summed E-state index contributed by atoms with van der Waals surface area (Å²) in [7, 11) is 0. The van der Waals surface area contributed by atoms with Gasteiger partial charge in [-0.15, -0.1) is 0 Å². The number of aliphatic hydroxyl groups excluding tert-OH is 1. The zero-order chi connectivity index (χ0) is 11.4. The Morgan fingerprint density at radius 3 is 2.75 bits per heavy atom. The smallest absolute Gasteiger partial charge is 0.0680 e. The summed E-state index contributed by atoms with van der Waals surface area (Å²) in [6, 6.07) is 12.4. The van der Waals surface area contributed by atoms with E-state index in [1.807, 2.05) is 18.2 Å². The van der Waals surface area contributed by atoms with Crippen LogP contribution < -0.4 is 0 Å². The minimum Gasteiger partial charge on any atom is -0.392 e. The van der Waals surface area contributed by atoms with Crippen molar-refractivity contribution in [1.29, 1.82) is 5.26 Å². The molecule has 0 spiro atoms. The average Bonchev–Trinajstić information content (AvgIpc) is 2.29. The predicted molar refractivity (Wildman–Crippen MR) is 61.4 cm³/mol. The molecule has 1 saturated heterocycles. The molecule has 0 unspecified atom stereocenters.